The van der Waals surface area contributed by atoms with E-state index in [1.165, 1.54) is 12.8 Å². The van der Waals surface area contributed by atoms with Gasteiger partial charge in [0.1, 0.15) is 5.82 Å². The van der Waals surface area contributed by atoms with E-state index in [9.17, 15) is 0 Å². The highest BCUT2D eigenvalue weighted by molar-refractivity contribution is 5.44. The first kappa shape index (κ1) is 16.2. The third kappa shape index (κ3) is 2.91. The van der Waals surface area contributed by atoms with Crippen LogP contribution in [0.2, 0.25) is 0 Å². The molecule has 21 heavy (non-hydrogen) atoms. The van der Waals surface area contributed by atoms with E-state index in [1.807, 2.05) is 13.1 Å². The lowest BCUT2D eigenvalue weighted by molar-refractivity contribution is 0.0627. The second-order valence-corrected chi connectivity index (χ2v) is 6.07. The summed E-state index contributed by atoms with van der Waals surface area (Å²) in [6.45, 7) is 8.52. The highest BCUT2D eigenvalue weighted by atomic mass is 15.3. The van der Waals surface area contributed by atoms with Crippen molar-refractivity contribution < 1.29 is 0 Å². The lowest BCUT2D eigenvalue weighted by Crippen LogP contribution is -2.56. The van der Waals surface area contributed by atoms with Crippen LogP contribution in [0, 0.1) is 6.92 Å². The van der Waals surface area contributed by atoms with Crippen LogP contribution in [0.1, 0.15) is 56.7 Å². The minimum Gasteiger partial charge on any atom is -0.383 e. The molecule has 0 aromatic carbocycles. The van der Waals surface area contributed by atoms with Gasteiger partial charge in [-0.25, -0.2) is 4.98 Å². The molecule has 2 rings (SSSR count). The number of pyridine rings is 1. The molecule has 5 nitrogen and oxygen atoms in total. The topological polar surface area (TPSA) is 80.2 Å². The molecule has 0 saturated heterocycles. The molecule has 1 aliphatic rings. The highest BCUT2D eigenvalue weighted by Gasteiger charge is 2.46. The standard InChI is InChI=1S/C16H29N5/c1-4-21(5-2)16(8-6-7-9-16)14(20-18)13-10-12(3)11-19-15(13)17/h10-11,14,20H,4-9,18H2,1-3H3,(H2,17,19). The molecular weight excluding hydrogens is 262 g/mol. The number of likely N-dealkylation sites (N-methyl/N-ethyl adjacent to an activating group) is 1. The first-order valence-electron chi connectivity index (χ1n) is 8.02. The van der Waals surface area contributed by atoms with Gasteiger partial charge in [-0.05, 0) is 44.5 Å². The van der Waals surface area contributed by atoms with E-state index in [-0.39, 0.29) is 11.6 Å². The van der Waals surface area contributed by atoms with Gasteiger partial charge >= 0.3 is 0 Å². The van der Waals surface area contributed by atoms with Gasteiger partial charge in [-0.15, -0.1) is 0 Å². The number of aryl methyl sites for hydroxylation is 1. The Hall–Kier alpha value is -1.17. The van der Waals surface area contributed by atoms with Crippen LogP contribution in [0.4, 0.5) is 5.82 Å². The predicted octanol–water partition coefficient (Wildman–Crippen LogP) is 2.13. The highest BCUT2D eigenvalue weighted by Crippen LogP contribution is 2.45. The smallest absolute Gasteiger partial charge is 0.128 e. The summed E-state index contributed by atoms with van der Waals surface area (Å²) in [5.41, 5.74) is 11.4. The van der Waals surface area contributed by atoms with E-state index in [0.29, 0.717) is 5.82 Å². The van der Waals surface area contributed by atoms with Crippen molar-refractivity contribution in [1.29, 1.82) is 0 Å². The molecule has 1 heterocycles. The maximum Gasteiger partial charge on any atom is 0.128 e. The number of nitrogens with one attached hydrogen (secondary N) is 1. The zero-order valence-corrected chi connectivity index (χ0v) is 13.5. The Bertz CT molecular complexity index is 464. The fraction of sp³-hybridized carbons (Fsp3) is 0.688. The first-order valence-corrected chi connectivity index (χ1v) is 8.02. The van der Waals surface area contributed by atoms with Gasteiger partial charge < -0.3 is 5.73 Å². The fourth-order valence-electron chi connectivity index (χ4n) is 4.00. The summed E-state index contributed by atoms with van der Waals surface area (Å²) in [6.07, 6.45) is 6.60. The zero-order chi connectivity index (χ0) is 15.5. The van der Waals surface area contributed by atoms with Crippen molar-refractivity contribution in [1.82, 2.24) is 15.3 Å². The average molecular weight is 291 g/mol. The van der Waals surface area contributed by atoms with Crippen LogP contribution < -0.4 is 17.0 Å². The molecule has 0 radical (unpaired) electrons. The first-order chi connectivity index (χ1) is 10.1. The summed E-state index contributed by atoms with van der Waals surface area (Å²) in [4.78, 5) is 6.86. The number of nitrogen functional groups attached to an aromatic ring is 1. The molecule has 5 heteroatoms. The predicted molar refractivity (Wildman–Crippen MR) is 87.6 cm³/mol. The summed E-state index contributed by atoms with van der Waals surface area (Å²) < 4.78 is 0. The van der Waals surface area contributed by atoms with Gasteiger partial charge in [0.2, 0.25) is 0 Å². The molecule has 1 saturated carbocycles. The van der Waals surface area contributed by atoms with Gasteiger partial charge in [0.05, 0.1) is 6.04 Å². The van der Waals surface area contributed by atoms with Crippen LogP contribution in [0.15, 0.2) is 12.3 Å². The normalized spacial score (nSPS) is 19.1. The summed E-state index contributed by atoms with van der Waals surface area (Å²) in [5.74, 6) is 6.56. The number of hydrogen-bond donors (Lipinski definition) is 3. The SMILES string of the molecule is CCN(CC)C1(C(NN)c2cc(C)cnc2N)CCCC1. The second-order valence-electron chi connectivity index (χ2n) is 6.07. The Balaban J connectivity index is 2.47. The van der Waals surface area contributed by atoms with Crippen molar-refractivity contribution in [3.8, 4) is 0 Å². The quantitative estimate of drug-likeness (QED) is 0.552. The van der Waals surface area contributed by atoms with Crippen molar-refractivity contribution in [3.63, 3.8) is 0 Å². The third-order valence-electron chi connectivity index (χ3n) is 4.96. The third-order valence-corrected chi connectivity index (χ3v) is 4.96. The van der Waals surface area contributed by atoms with E-state index in [0.717, 1.165) is 37.1 Å². The molecule has 1 aliphatic carbocycles. The Morgan fingerprint density at radius 3 is 2.48 bits per heavy atom. The van der Waals surface area contributed by atoms with E-state index >= 15 is 0 Å². The molecule has 0 amide bonds. The summed E-state index contributed by atoms with van der Waals surface area (Å²) in [7, 11) is 0. The van der Waals surface area contributed by atoms with E-state index < -0.39 is 0 Å². The molecule has 1 aromatic rings. The number of nitrogens with zero attached hydrogens (tertiary/aromatic N) is 2. The van der Waals surface area contributed by atoms with Crippen molar-refractivity contribution in [2.45, 2.75) is 58.0 Å². The van der Waals surface area contributed by atoms with Crippen molar-refractivity contribution in [2.75, 3.05) is 18.8 Å². The van der Waals surface area contributed by atoms with Gasteiger partial charge in [0.15, 0.2) is 0 Å². The molecule has 1 unspecified atom stereocenters. The van der Waals surface area contributed by atoms with Crippen LogP contribution in [-0.4, -0.2) is 28.5 Å². The fourth-order valence-corrected chi connectivity index (χ4v) is 4.00. The summed E-state index contributed by atoms with van der Waals surface area (Å²) in [5, 5.41) is 0. The largest absolute Gasteiger partial charge is 0.383 e. The Labute approximate surface area is 128 Å². The minimum absolute atomic E-state index is 0.0206. The lowest BCUT2D eigenvalue weighted by atomic mass is 9.82. The van der Waals surface area contributed by atoms with Gasteiger partial charge in [-0.1, -0.05) is 26.7 Å². The Morgan fingerprint density at radius 2 is 1.95 bits per heavy atom. The van der Waals surface area contributed by atoms with E-state index in [4.69, 9.17) is 11.6 Å². The summed E-state index contributed by atoms with van der Waals surface area (Å²) in [6, 6.07) is 2.14. The van der Waals surface area contributed by atoms with Gasteiger partial charge in [0, 0.05) is 17.3 Å². The van der Waals surface area contributed by atoms with Crippen LogP contribution in [0.25, 0.3) is 0 Å². The van der Waals surface area contributed by atoms with Gasteiger partial charge in [-0.2, -0.15) is 0 Å². The molecule has 0 spiro atoms. The number of anilines is 1. The number of nitrogens with two attached hydrogens (primary N) is 2. The average Bonchev–Trinajstić information content (AvgIpc) is 2.95. The van der Waals surface area contributed by atoms with Crippen LogP contribution in [-0.2, 0) is 0 Å². The second kappa shape index (κ2) is 6.73. The molecule has 5 N–H and O–H groups in total. The van der Waals surface area contributed by atoms with Crippen LogP contribution in [0.5, 0.6) is 0 Å². The number of rotatable bonds is 6. The monoisotopic (exact) mass is 291 g/mol. The molecule has 0 aliphatic heterocycles. The maximum absolute atomic E-state index is 6.15. The summed E-state index contributed by atoms with van der Waals surface area (Å²) >= 11 is 0. The number of aromatic nitrogens is 1. The molecule has 1 atom stereocenters. The number of hydrazine groups is 1. The molecular formula is C16H29N5. The Kier molecular flexibility index (Phi) is 5.19. The van der Waals surface area contributed by atoms with Gasteiger partial charge in [-0.3, -0.25) is 16.2 Å². The maximum atomic E-state index is 6.15. The van der Waals surface area contributed by atoms with Crippen LogP contribution in [0.3, 0.4) is 0 Å². The minimum atomic E-state index is 0.0206. The molecule has 0 bridgehead atoms. The Morgan fingerprint density at radius 1 is 1.33 bits per heavy atom. The van der Waals surface area contributed by atoms with Crippen LogP contribution >= 0.6 is 0 Å². The zero-order valence-electron chi connectivity index (χ0n) is 13.5. The van der Waals surface area contributed by atoms with E-state index in [2.05, 4.69) is 35.2 Å². The van der Waals surface area contributed by atoms with Crippen molar-refractivity contribution in [2.24, 2.45) is 5.84 Å². The molecule has 1 fully saturated rings. The lowest BCUT2D eigenvalue weighted by Gasteiger charge is -2.46. The number of hydrogen-bond acceptors (Lipinski definition) is 5. The molecule has 1 aromatic heterocycles. The van der Waals surface area contributed by atoms with Crippen molar-refractivity contribution in [3.05, 3.63) is 23.4 Å². The van der Waals surface area contributed by atoms with Gasteiger partial charge in [0.25, 0.3) is 0 Å². The molecule has 118 valence electrons. The van der Waals surface area contributed by atoms with E-state index in [1.54, 1.807) is 0 Å². The van der Waals surface area contributed by atoms with Crippen molar-refractivity contribution >= 4 is 5.82 Å².